The summed E-state index contributed by atoms with van der Waals surface area (Å²) < 4.78 is 0. The lowest BCUT2D eigenvalue weighted by Crippen LogP contribution is -2.28. The summed E-state index contributed by atoms with van der Waals surface area (Å²) in [6, 6.07) is 3.95. The summed E-state index contributed by atoms with van der Waals surface area (Å²) in [7, 11) is 0. The first-order valence-electron chi connectivity index (χ1n) is 4.47. The van der Waals surface area contributed by atoms with Crippen molar-refractivity contribution >= 4 is 17.2 Å². The Balaban J connectivity index is 2.26. The van der Waals surface area contributed by atoms with Crippen LogP contribution in [0.2, 0.25) is 0 Å². The number of hydrogen-bond donors (Lipinski definition) is 1. The zero-order valence-electron chi connectivity index (χ0n) is 8.04. The molecule has 0 aromatic carbocycles. The highest BCUT2D eigenvalue weighted by molar-refractivity contribution is 7.10. The van der Waals surface area contributed by atoms with Gasteiger partial charge in [0, 0.05) is 11.4 Å². The topological polar surface area (TPSA) is 29.1 Å². The molecule has 2 nitrogen and oxygen atoms in total. The Bertz CT molecular complexity index is 254. The van der Waals surface area contributed by atoms with Crippen molar-refractivity contribution in [2.45, 2.75) is 20.3 Å². The summed E-state index contributed by atoms with van der Waals surface area (Å²) in [6.45, 7) is 4.95. The van der Waals surface area contributed by atoms with Crippen molar-refractivity contribution in [3.05, 3.63) is 22.4 Å². The van der Waals surface area contributed by atoms with Gasteiger partial charge in [-0.05, 0) is 17.4 Å². The SMILES string of the molecule is CC(C)CNC(=O)Cc1cccs1. The maximum atomic E-state index is 11.3. The highest BCUT2D eigenvalue weighted by Crippen LogP contribution is 2.08. The Morgan fingerprint density at radius 1 is 1.62 bits per heavy atom. The van der Waals surface area contributed by atoms with Gasteiger partial charge >= 0.3 is 0 Å². The normalized spacial score (nSPS) is 10.4. The molecule has 13 heavy (non-hydrogen) atoms. The molecule has 0 fully saturated rings. The average Bonchev–Trinajstić information content (AvgIpc) is 2.53. The van der Waals surface area contributed by atoms with Crippen molar-refractivity contribution in [1.29, 1.82) is 0 Å². The van der Waals surface area contributed by atoms with E-state index in [4.69, 9.17) is 0 Å². The summed E-state index contributed by atoms with van der Waals surface area (Å²) >= 11 is 1.62. The third kappa shape index (κ3) is 4.08. The minimum atomic E-state index is 0.121. The fourth-order valence-corrected chi connectivity index (χ4v) is 1.66. The number of amides is 1. The minimum Gasteiger partial charge on any atom is -0.356 e. The van der Waals surface area contributed by atoms with Crippen LogP contribution in [0.3, 0.4) is 0 Å². The van der Waals surface area contributed by atoms with E-state index in [1.807, 2.05) is 17.5 Å². The number of carbonyl (C=O) groups is 1. The monoisotopic (exact) mass is 197 g/mol. The zero-order valence-corrected chi connectivity index (χ0v) is 8.86. The first-order valence-corrected chi connectivity index (χ1v) is 5.35. The largest absolute Gasteiger partial charge is 0.356 e. The lowest BCUT2D eigenvalue weighted by atomic mass is 10.2. The van der Waals surface area contributed by atoms with Crippen LogP contribution in [0.15, 0.2) is 17.5 Å². The Hall–Kier alpha value is -0.830. The smallest absolute Gasteiger partial charge is 0.225 e. The zero-order chi connectivity index (χ0) is 9.68. The lowest BCUT2D eigenvalue weighted by molar-refractivity contribution is -0.120. The van der Waals surface area contributed by atoms with Crippen LogP contribution in [-0.2, 0) is 11.2 Å². The number of rotatable bonds is 4. The Labute approximate surface area is 83.0 Å². The van der Waals surface area contributed by atoms with Gasteiger partial charge in [-0.3, -0.25) is 4.79 Å². The summed E-state index contributed by atoms with van der Waals surface area (Å²) in [5, 5.41) is 4.88. The Morgan fingerprint density at radius 3 is 2.92 bits per heavy atom. The molecule has 1 amide bonds. The fourth-order valence-electron chi connectivity index (χ4n) is 0.952. The molecule has 0 bridgehead atoms. The third-order valence-electron chi connectivity index (χ3n) is 1.62. The van der Waals surface area contributed by atoms with E-state index < -0.39 is 0 Å². The van der Waals surface area contributed by atoms with Gasteiger partial charge in [-0.2, -0.15) is 0 Å². The summed E-state index contributed by atoms with van der Waals surface area (Å²) in [5.41, 5.74) is 0. The summed E-state index contributed by atoms with van der Waals surface area (Å²) in [6.07, 6.45) is 0.518. The van der Waals surface area contributed by atoms with E-state index in [9.17, 15) is 4.79 Å². The highest BCUT2D eigenvalue weighted by atomic mass is 32.1. The van der Waals surface area contributed by atoms with Gasteiger partial charge in [0.1, 0.15) is 0 Å². The van der Waals surface area contributed by atoms with Crippen LogP contribution in [0.1, 0.15) is 18.7 Å². The molecule has 1 N–H and O–H groups in total. The van der Waals surface area contributed by atoms with Gasteiger partial charge in [-0.25, -0.2) is 0 Å². The molecule has 1 heterocycles. The predicted octanol–water partition coefficient (Wildman–Crippen LogP) is 2.06. The van der Waals surface area contributed by atoms with Crippen molar-refractivity contribution in [3.63, 3.8) is 0 Å². The van der Waals surface area contributed by atoms with Crippen LogP contribution >= 0.6 is 11.3 Å². The molecule has 0 unspecified atom stereocenters. The maximum absolute atomic E-state index is 11.3. The predicted molar refractivity (Wildman–Crippen MR) is 55.9 cm³/mol. The van der Waals surface area contributed by atoms with E-state index in [2.05, 4.69) is 19.2 Å². The Morgan fingerprint density at radius 2 is 2.38 bits per heavy atom. The van der Waals surface area contributed by atoms with Crippen molar-refractivity contribution in [1.82, 2.24) is 5.32 Å². The van der Waals surface area contributed by atoms with Crippen LogP contribution in [0.5, 0.6) is 0 Å². The molecule has 0 radical (unpaired) electrons. The quantitative estimate of drug-likeness (QED) is 0.786. The van der Waals surface area contributed by atoms with E-state index in [1.54, 1.807) is 11.3 Å². The molecule has 0 aliphatic carbocycles. The number of carbonyl (C=O) groups excluding carboxylic acids is 1. The summed E-state index contributed by atoms with van der Waals surface area (Å²) in [4.78, 5) is 12.4. The molecule has 1 aromatic heterocycles. The molecule has 0 spiro atoms. The minimum absolute atomic E-state index is 0.121. The molecule has 0 saturated heterocycles. The molecule has 0 atom stereocenters. The second kappa shape index (κ2) is 5.02. The van der Waals surface area contributed by atoms with E-state index in [0.29, 0.717) is 12.3 Å². The van der Waals surface area contributed by atoms with Gasteiger partial charge in [-0.1, -0.05) is 19.9 Å². The van der Waals surface area contributed by atoms with Gasteiger partial charge in [-0.15, -0.1) is 11.3 Å². The first kappa shape index (κ1) is 10.3. The van der Waals surface area contributed by atoms with E-state index >= 15 is 0 Å². The molecule has 0 saturated carbocycles. The third-order valence-corrected chi connectivity index (χ3v) is 2.50. The summed E-state index contributed by atoms with van der Waals surface area (Å²) in [5.74, 6) is 0.642. The van der Waals surface area contributed by atoms with Gasteiger partial charge < -0.3 is 5.32 Å². The second-order valence-corrected chi connectivity index (χ2v) is 4.49. The van der Waals surface area contributed by atoms with E-state index in [-0.39, 0.29) is 5.91 Å². The van der Waals surface area contributed by atoms with Crippen LogP contribution < -0.4 is 5.32 Å². The lowest BCUT2D eigenvalue weighted by Gasteiger charge is -2.06. The molecular formula is C10H15NOS. The molecule has 3 heteroatoms. The van der Waals surface area contributed by atoms with Gasteiger partial charge in [0.05, 0.1) is 6.42 Å². The Kier molecular flexibility index (Phi) is 3.96. The molecule has 0 aliphatic rings. The number of hydrogen-bond acceptors (Lipinski definition) is 2. The average molecular weight is 197 g/mol. The van der Waals surface area contributed by atoms with Crippen molar-refractivity contribution in [3.8, 4) is 0 Å². The van der Waals surface area contributed by atoms with Crippen molar-refractivity contribution in [2.75, 3.05) is 6.54 Å². The van der Waals surface area contributed by atoms with Crippen molar-refractivity contribution < 1.29 is 4.79 Å². The molecule has 0 aliphatic heterocycles. The van der Waals surface area contributed by atoms with Crippen LogP contribution in [0.4, 0.5) is 0 Å². The van der Waals surface area contributed by atoms with Crippen LogP contribution in [-0.4, -0.2) is 12.5 Å². The van der Waals surface area contributed by atoms with Gasteiger partial charge in [0.25, 0.3) is 0 Å². The maximum Gasteiger partial charge on any atom is 0.225 e. The highest BCUT2D eigenvalue weighted by Gasteiger charge is 2.03. The fraction of sp³-hybridized carbons (Fsp3) is 0.500. The van der Waals surface area contributed by atoms with E-state index in [0.717, 1.165) is 11.4 Å². The molecule has 72 valence electrons. The first-order chi connectivity index (χ1) is 6.18. The van der Waals surface area contributed by atoms with Crippen molar-refractivity contribution in [2.24, 2.45) is 5.92 Å². The molecular weight excluding hydrogens is 182 g/mol. The van der Waals surface area contributed by atoms with Crippen LogP contribution in [0.25, 0.3) is 0 Å². The number of thiophene rings is 1. The van der Waals surface area contributed by atoms with Gasteiger partial charge in [0.2, 0.25) is 5.91 Å². The number of nitrogens with one attached hydrogen (secondary N) is 1. The van der Waals surface area contributed by atoms with Crippen LogP contribution in [0, 0.1) is 5.92 Å². The molecule has 1 rings (SSSR count). The molecule has 1 aromatic rings. The second-order valence-electron chi connectivity index (χ2n) is 3.45. The van der Waals surface area contributed by atoms with Gasteiger partial charge in [0.15, 0.2) is 0 Å². The van der Waals surface area contributed by atoms with E-state index in [1.165, 1.54) is 0 Å². The standard InChI is InChI=1S/C10H15NOS/c1-8(2)7-11-10(12)6-9-4-3-5-13-9/h3-5,8H,6-7H2,1-2H3,(H,11,12).